The molecule has 0 unspecified atom stereocenters. The Morgan fingerprint density at radius 2 is 2.04 bits per heavy atom. The van der Waals surface area contributed by atoms with Gasteiger partial charge in [-0.25, -0.2) is 9.78 Å². The zero-order chi connectivity index (χ0) is 16.7. The van der Waals surface area contributed by atoms with Gasteiger partial charge >= 0.3 is 5.63 Å². The quantitative estimate of drug-likeness (QED) is 0.444. The van der Waals surface area contributed by atoms with Crippen LogP contribution in [0.1, 0.15) is 15.2 Å². The van der Waals surface area contributed by atoms with Gasteiger partial charge in [-0.1, -0.05) is 18.2 Å². The van der Waals surface area contributed by atoms with Crippen LogP contribution < -0.4 is 10.9 Å². The lowest BCUT2D eigenvalue weighted by molar-refractivity contribution is 0.103. The van der Waals surface area contributed by atoms with Crippen LogP contribution in [0.5, 0.6) is 0 Å². The summed E-state index contributed by atoms with van der Waals surface area (Å²) >= 11 is 1.36. The maximum atomic E-state index is 12.2. The number of fused-ring (bicyclic) bond motifs is 3. The molecule has 1 aromatic carbocycles. The van der Waals surface area contributed by atoms with Gasteiger partial charge in [0.2, 0.25) is 0 Å². The van der Waals surface area contributed by atoms with E-state index in [2.05, 4.69) is 10.3 Å². The van der Waals surface area contributed by atoms with E-state index < -0.39 is 5.63 Å². The number of carbonyl (C=O) groups is 1. The molecule has 3 heterocycles. The summed E-state index contributed by atoms with van der Waals surface area (Å²) in [5.41, 5.74) is 1.29. The van der Waals surface area contributed by atoms with Gasteiger partial charge in [0, 0.05) is 5.39 Å². The van der Waals surface area contributed by atoms with Crippen LogP contribution in [-0.2, 0) is 0 Å². The molecule has 0 atom stereocenters. The van der Waals surface area contributed by atoms with Crippen molar-refractivity contribution in [1.82, 2.24) is 4.98 Å². The summed E-state index contributed by atoms with van der Waals surface area (Å²) in [6, 6.07) is 12.5. The lowest BCUT2D eigenvalue weighted by atomic mass is 10.1. The summed E-state index contributed by atoms with van der Waals surface area (Å²) in [6.07, 6.45) is 0. The Morgan fingerprint density at radius 1 is 1.21 bits per heavy atom. The monoisotopic (exact) mass is 336 g/mol. The third kappa shape index (κ3) is 2.37. The molecule has 0 bridgehead atoms. The van der Waals surface area contributed by atoms with Crippen molar-refractivity contribution in [3.63, 3.8) is 0 Å². The first-order valence-corrected chi connectivity index (χ1v) is 8.19. The number of amides is 1. The highest BCUT2D eigenvalue weighted by Gasteiger charge is 2.14. The number of para-hydroxylation sites is 1. The first-order chi connectivity index (χ1) is 11.6. The maximum absolute atomic E-state index is 12.2. The first-order valence-electron chi connectivity index (χ1n) is 7.31. The second-order valence-electron chi connectivity index (χ2n) is 5.37. The van der Waals surface area contributed by atoms with Crippen molar-refractivity contribution in [2.75, 3.05) is 5.32 Å². The molecule has 118 valence electrons. The van der Waals surface area contributed by atoms with E-state index in [-0.39, 0.29) is 5.91 Å². The average Bonchev–Trinajstić information content (AvgIpc) is 3.09. The van der Waals surface area contributed by atoms with Crippen molar-refractivity contribution < 1.29 is 9.21 Å². The molecule has 24 heavy (non-hydrogen) atoms. The Kier molecular flexibility index (Phi) is 3.39. The van der Waals surface area contributed by atoms with Crippen LogP contribution in [0.25, 0.3) is 21.9 Å². The highest BCUT2D eigenvalue weighted by atomic mass is 32.1. The topological polar surface area (TPSA) is 72.2 Å². The summed E-state index contributed by atoms with van der Waals surface area (Å²) in [5, 5.41) is 5.80. The van der Waals surface area contributed by atoms with E-state index in [0.717, 1.165) is 5.39 Å². The molecule has 4 aromatic rings. The lowest BCUT2D eigenvalue weighted by Gasteiger charge is -2.08. The SMILES string of the molecule is Cc1cc(NC(=O)c2cccs2)nc2c1c(=O)oc1ccccc12. The van der Waals surface area contributed by atoms with Crippen molar-refractivity contribution >= 4 is 44.9 Å². The van der Waals surface area contributed by atoms with Crippen molar-refractivity contribution in [2.45, 2.75) is 6.92 Å². The van der Waals surface area contributed by atoms with E-state index in [1.807, 2.05) is 23.6 Å². The minimum Gasteiger partial charge on any atom is -0.422 e. The molecule has 3 aromatic heterocycles. The number of aryl methyl sites for hydroxylation is 1. The molecule has 6 heteroatoms. The number of nitrogens with zero attached hydrogens (tertiary/aromatic N) is 1. The van der Waals surface area contributed by atoms with Crippen LogP contribution in [0.2, 0.25) is 0 Å². The minimum absolute atomic E-state index is 0.219. The fourth-order valence-corrected chi connectivity index (χ4v) is 3.30. The van der Waals surface area contributed by atoms with Crippen molar-refractivity contribution in [3.8, 4) is 0 Å². The summed E-state index contributed by atoms with van der Waals surface area (Å²) < 4.78 is 5.35. The van der Waals surface area contributed by atoms with Crippen LogP contribution in [0.15, 0.2) is 57.1 Å². The molecule has 0 aliphatic heterocycles. The summed E-state index contributed by atoms with van der Waals surface area (Å²) in [4.78, 5) is 29.6. The fraction of sp³-hybridized carbons (Fsp3) is 0.0556. The Bertz CT molecular complexity index is 1130. The zero-order valence-electron chi connectivity index (χ0n) is 12.7. The van der Waals surface area contributed by atoms with Gasteiger partial charge in [0.25, 0.3) is 5.91 Å². The van der Waals surface area contributed by atoms with E-state index in [0.29, 0.717) is 32.7 Å². The number of hydrogen-bond donors (Lipinski definition) is 1. The van der Waals surface area contributed by atoms with Gasteiger partial charge in [-0.15, -0.1) is 11.3 Å². The summed E-state index contributed by atoms with van der Waals surface area (Å²) in [6.45, 7) is 1.80. The van der Waals surface area contributed by atoms with Gasteiger partial charge in [-0.2, -0.15) is 0 Å². The van der Waals surface area contributed by atoms with Crippen LogP contribution in [0.3, 0.4) is 0 Å². The van der Waals surface area contributed by atoms with E-state index in [4.69, 9.17) is 4.42 Å². The molecule has 0 saturated carbocycles. The van der Waals surface area contributed by atoms with Crippen LogP contribution in [0.4, 0.5) is 5.82 Å². The van der Waals surface area contributed by atoms with Gasteiger partial charge in [-0.05, 0) is 42.1 Å². The predicted octanol–water partition coefficient (Wildman–Crippen LogP) is 3.96. The second kappa shape index (κ2) is 5.58. The highest BCUT2D eigenvalue weighted by molar-refractivity contribution is 7.12. The molecular weight excluding hydrogens is 324 g/mol. The van der Waals surface area contributed by atoms with Crippen LogP contribution in [0, 0.1) is 6.92 Å². The number of pyridine rings is 1. The molecule has 5 nitrogen and oxygen atoms in total. The number of anilines is 1. The number of benzene rings is 1. The van der Waals surface area contributed by atoms with E-state index in [1.165, 1.54) is 11.3 Å². The summed E-state index contributed by atoms with van der Waals surface area (Å²) in [7, 11) is 0. The largest absolute Gasteiger partial charge is 0.422 e. The van der Waals surface area contributed by atoms with Gasteiger partial charge in [0.1, 0.15) is 11.4 Å². The molecular formula is C18H12N2O3S. The number of hydrogen-bond acceptors (Lipinski definition) is 5. The Labute approximate surface area is 140 Å². The molecule has 1 amide bonds. The smallest absolute Gasteiger partial charge is 0.346 e. The lowest BCUT2D eigenvalue weighted by Crippen LogP contribution is -2.12. The third-order valence-corrected chi connectivity index (χ3v) is 4.62. The Balaban J connectivity index is 1.91. The fourth-order valence-electron chi connectivity index (χ4n) is 2.68. The standard InChI is InChI=1S/C18H12N2O3S/c1-10-9-14(20-17(21)13-7-4-8-24-13)19-16-11-5-2-3-6-12(11)23-18(22)15(10)16/h2-9H,1H3,(H,19,20,21). The third-order valence-electron chi connectivity index (χ3n) is 3.75. The maximum Gasteiger partial charge on any atom is 0.346 e. The number of carbonyl (C=O) groups excluding carboxylic acids is 1. The normalized spacial score (nSPS) is 11.0. The second-order valence-corrected chi connectivity index (χ2v) is 6.31. The molecule has 0 spiro atoms. The zero-order valence-corrected chi connectivity index (χ0v) is 13.5. The average molecular weight is 336 g/mol. The number of nitrogens with one attached hydrogen (secondary N) is 1. The first kappa shape index (κ1) is 14.6. The molecule has 4 rings (SSSR count). The molecule has 1 N–H and O–H groups in total. The molecule has 0 saturated heterocycles. The molecule has 0 radical (unpaired) electrons. The van der Waals surface area contributed by atoms with Crippen LogP contribution in [-0.4, -0.2) is 10.9 Å². The van der Waals surface area contributed by atoms with Crippen molar-refractivity contribution in [3.05, 3.63) is 68.7 Å². The van der Waals surface area contributed by atoms with E-state index in [1.54, 1.807) is 31.2 Å². The number of rotatable bonds is 2. The van der Waals surface area contributed by atoms with Gasteiger partial charge in [-0.3, -0.25) is 4.79 Å². The molecule has 0 aliphatic rings. The van der Waals surface area contributed by atoms with Crippen molar-refractivity contribution in [1.29, 1.82) is 0 Å². The van der Waals surface area contributed by atoms with Gasteiger partial charge in [0.05, 0.1) is 15.8 Å². The van der Waals surface area contributed by atoms with Crippen LogP contribution >= 0.6 is 11.3 Å². The number of aromatic nitrogens is 1. The van der Waals surface area contributed by atoms with Gasteiger partial charge < -0.3 is 9.73 Å². The van der Waals surface area contributed by atoms with Gasteiger partial charge in [0.15, 0.2) is 0 Å². The predicted molar refractivity (Wildman–Crippen MR) is 94.8 cm³/mol. The van der Waals surface area contributed by atoms with Crippen molar-refractivity contribution in [2.24, 2.45) is 0 Å². The molecule has 0 fully saturated rings. The van der Waals surface area contributed by atoms with E-state index in [9.17, 15) is 9.59 Å². The number of thiophene rings is 1. The minimum atomic E-state index is -0.426. The summed E-state index contributed by atoms with van der Waals surface area (Å²) in [5.74, 6) is 0.192. The van der Waals surface area contributed by atoms with E-state index >= 15 is 0 Å². The Morgan fingerprint density at radius 3 is 2.83 bits per heavy atom. The Hall–Kier alpha value is -2.99. The highest BCUT2D eigenvalue weighted by Crippen LogP contribution is 2.25. The molecule has 0 aliphatic carbocycles.